The van der Waals surface area contributed by atoms with Gasteiger partial charge in [-0.1, -0.05) is 26.8 Å². The molecule has 0 spiro atoms. The van der Waals surface area contributed by atoms with E-state index in [2.05, 4.69) is 28.4 Å². The Morgan fingerprint density at radius 2 is 2.22 bits per heavy atom. The molecule has 0 atom stereocenters. The first kappa shape index (κ1) is 14.6. The quantitative estimate of drug-likeness (QED) is 0.754. The van der Waals surface area contributed by atoms with Gasteiger partial charge in [0.25, 0.3) is 0 Å². The molecule has 100 valence electrons. The van der Waals surface area contributed by atoms with Gasteiger partial charge < -0.3 is 10.0 Å². The van der Waals surface area contributed by atoms with Gasteiger partial charge in [0.2, 0.25) is 0 Å². The van der Waals surface area contributed by atoms with E-state index in [4.69, 9.17) is 0 Å². The number of rotatable bonds is 7. The first-order chi connectivity index (χ1) is 8.63. The predicted octanol–water partition coefficient (Wildman–Crippen LogP) is 2.49. The van der Waals surface area contributed by atoms with Crippen LogP contribution < -0.4 is 4.90 Å². The minimum Gasteiger partial charge on any atom is -0.390 e. The highest BCUT2D eigenvalue weighted by molar-refractivity contribution is 5.49. The zero-order valence-electron chi connectivity index (χ0n) is 11.6. The maximum atomic E-state index is 9.47. The molecule has 0 aliphatic heterocycles. The van der Waals surface area contributed by atoms with Crippen molar-refractivity contribution in [3.05, 3.63) is 30.4 Å². The highest BCUT2D eigenvalue weighted by Crippen LogP contribution is 2.20. The number of aliphatic hydroxyl groups excluding tert-OH is 1. The largest absolute Gasteiger partial charge is 0.390 e. The number of hydrogen-bond acceptors (Lipinski definition) is 4. The molecule has 4 nitrogen and oxygen atoms in total. The summed E-state index contributed by atoms with van der Waals surface area (Å²) in [4.78, 5) is 11.0. The van der Waals surface area contributed by atoms with Crippen LogP contribution in [-0.4, -0.2) is 28.2 Å². The average Bonchev–Trinajstić information content (AvgIpc) is 2.37. The van der Waals surface area contributed by atoms with Crippen molar-refractivity contribution in [2.75, 3.05) is 18.0 Å². The van der Waals surface area contributed by atoms with Gasteiger partial charge in [-0.2, -0.15) is 0 Å². The molecule has 4 heteroatoms. The van der Waals surface area contributed by atoms with E-state index in [-0.39, 0.29) is 12.5 Å². The summed E-state index contributed by atoms with van der Waals surface area (Å²) in [6.07, 6.45) is 4.70. The van der Waals surface area contributed by atoms with Crippen LogP contribution in [0.1, 0.15) is 44.6 Å². The standard InChI is InChI=1S/C14H23N3O/c1-5-7-17(8-6-2)13-9-15-14(11(3)4)16-12(13)10-18/h5,9,11,18H,1,6-8,10H2,2-4H3. The van der Waals surface area contributed by atoms with Crippen LogP contribution in [0.5, 0.6) is 0 Å². The Balaban J connectivity index is 3.08. The van der Waals surface area contributed by atoms with Crippen molar-refractivity contribution < 1.29 is 5.11 Å². The van der Waals surface area contributed by atoms with E-state index in [0.29, 0.717) is 5.69 Å². The zero-order chi connectivity index (χ0) is 13.5. The second-order valence-electron chi connectivity index (χ2n) is 4.61. The topological polar surface area (TPSA) is 49.2 Å². The molecule has 18 heavy (non-hydrogen) atoms. The molecule has 0 aromatic carbocycles. The molecule has 0 fully saturated rings. The van der Waals surface area contributed by atoms with Gasteiger partial charge in [0, 0.05) is 19.0 Å². The summed E-state index contributed by atoms with van der Waals surface area (Å²) in [5.74, 6) is 1.04. The van der Waals surface area contributed by atoms with Crippen LogP contribution >= 0.6 is 0 Å². The minimum atomic E-state index is -0.0606. The van der Waals surface area contributed by atoms with Crippen LogP contribution in [0.4, 0.5) is 5.69 Å². The number of aromatic nitrogens is 2. The van der Waals surface area contributed by atoms with E-state index >= 15 is 0 Å². The molecule has 0 saturated heterocycles. The predicted molar refractivity (Wildman–Crippen MR) is 74.7 cm³/mol. The third-order valence-corrected chi connectivity index (χ3v) is 2.71. The maximum Gasteiger partial charge on any atom is 0.131 e. The molecule has 0 bridgehead atoms. The summed E-state index contributed by atoms with van der Waals surface area (Å²) >= 11 is 0. The smallest absolute Gasteiger partial charge is 0.131 e. The van der Waals surface area contributed by atoms with Crippen molar-refractivity contribution in [2.24, 2.45) is 0 Å². The molecule has 0 amide bonds. The van der Waals surface area contributed by atoms with E-state index in [1.807, 2.05) is 26.1 Å². The van der Waals surface area contributed by atoms with Gasteiger partial charge in [0.1, 0.15) is 5.82 Å². The second kappa shape index (κ2) is 7.11. The van der Waals surface area contributed by atoms with Gasteiger partial charge in [-0.05, 0) is 6.42 Å². The van der Waals surface area contributed by atoms with Crippen molar-refractivity contribution in [1.29, 1.82) is 0 Å². The lowest BCUT2D eigenvalue weighted by atomic mass is 10.2. The first-order valence-corrected chi connectivity index (χ1v) is 6.46. The van der Waals surface area contributed by atoms with Crippen molar-refractivity contribution in [3.63, 3.8) is 0 Å². The Labute approximate surface area is 109 Å². The molecule has 1 heterocycles. The molecule has 1 aromatic rings. The van der Waals surface area contributed by atoms with Crippen LogP contribution in [0.25, 0.3) is 0 Å². The first-order valence-electron chi connectivity index (χ1n) is 6.46. The van der Waals surface area contributed by atoms with Crippen LogP contribution in [-0.2, 0) is 6.61 Å². The second-order valence-corrected chi connectivity index (χ2v) is 4.61. The molecular formula is C14H23N3O. The monoisotopic (exact) mass is 249 g/mol. The summed E-state index contributed by atoms with van der Waals surface area (Å²) in [6, 6.07) is 0. The fourth-order valence-corrected chi connectivity index (χ4v) is 1.82. The SMILES string of the molecule is C=CCN(CCC)c1cnc(C(C)C)nc1CO. The molecule has 0 aliphatic rings. The van der Waals surface area contributed by atoms with Gasteiger partial charge >= 0.3 is 0 Å². The third kappa shape index (κ3) is 3.53. The number of hydrogen-bond donors (Lipinski definition) is 1. The van der Waals surface area contributed by atoms with Gasteiger partial charge in [0.05, 0.1) is 24.2 Å². The van der Waals surface area contributed by atoms with Crippen LogP contribution in [0, 0.1) is 0 Å². The summed E-state index contributed by atoms with van der Waals surface area (Å²) < 4.78 is 0. The Hall–Kier alpha value is -1.42. The Morgan fingerprint density at radius 3 is 2.72 bits per heavy atom. The molecule has 0 radical (unpaired) electrons. The lowest BCUT2D eigenvalue weighted by Gasteiger charge is -2.24. The maximum absolute atomic E-state index is 9.47. The Bertz CT molecular complexity index is 391. The number of anilines is 1. The average molecular weight is 249 g/mol. The minimum absolute atomic E-state index is 0.0606. The number of aliphatic hydroxyl groups is 1. The van der Waals surface area contributed by atoms with Crippen molar-refractivity contribution in [1.82, 2.24) is 9.97 Å². The number of nitrogens with zero attached hydrogens (tertiary/aromatic N) is 3. The summed E-state index contributed by atoms with van der Waals surface area (Å²) in [7, 11) is 0. The van der Waals surface area contributed by atoms with Crippen LogP contribution in [0.3, 0.4) is 0 Å². The van der Waals surface area contributed by atoms with E-state index in [0.717, 1.165) is 31.0 Å². The zero-order valence-corrected chi connectivity index (χ0v) is 11.6. The van der Waals surface area contributed by atoms with Gasteiger partial charge in [0.15, 0.2) is 0 Å². The molecule has 1 N–H and O–H groups in total. The fraction of sp³-hybridized carbons (Fsp3) is 0.571. The summed E-state index contributed by atoms with van der Waals surface area (Å²) in [5, 5.41) is 9.47. The van der Waals surface area contributed by atoms with Crippen molar-refractivity contribution in [2.45, 2.75) is 39.7 Å². The fourth-order valence-electron chi connectivity index (χ4n) is 1.82. The molecule has 1 rings (SSSR count). The third-order valence-electron chi connectivity index (χ3n) is 2.71. The summed E-state index contributed by atoms with van der Waals surface area (Å²) in [5.41, 5.74) is 1.60. The lowest BCUT2D eigenvalue weighted by molar-refractivity contribution is 0.276. The van der Waals surface area contributed by atoms with Crippen molar-refractivity contribution >= 4 is 5.69 Å². The van der Waals surface area contributed by atoms with Crippen LogP contribution in [0.15, 0.2) is 18.9 Å². The van der Waals surface area contributed by atoms with Crippen LogP contribution in [0.2, 0.25) is 0 Å². The molecule has 0 aliphatic carbocycles. The Morgan fingerprint density at radius 1 is 1.50 bits per heavy atom. The highest BCUT2D eigenvalue weighted by Gasteiger charge is 2.13. The highest BCUT2D eigenvalue weighted by atomic mass is 16.3. The molecule has 0 saturated carbocycles. The molecular weight excluding hydrogens is 226 g/mol. The van der Waals surface area contributed by atoms with E-state index < -0.39 is 0 Å². The van der Waals surface area contributed by atoms with E-state index in [1.54, 1.807) is 0 Å². The van der Waals surface area contributed by atoms with Gasteiger partial charge in [-0.15, -0.1) is 6.58 Å². The van der Waals surface area contributed by atoms with Gasteiger partial charge in [-0.3, -0.25) is 0 Å². The Kier molecular flexibility index (Phi) is 5.78. The van der Waals surface area contributed by atoms with Gasteiger partial charge in [-0.25, -0.2) is 9.97 Å². The normalized spacial score (nSPS) is 10.7. The molecule has 1 aromatic heterocycles. The van der Waals surface area contributed by atoms with Crippen molar-refractivity contribution in [3.8, 4) is 0 Å². The lowest BCUT2D eigenvalue weighted by Crippen LogP contribution is -2.26. The van der Waals surface area contributed by atoms with E-state index in [9.17, 15) is 5.11 Å². The van der Waals surface area contributed by atoms with E-state index in [1.165, 1.54) is 0 Å². The summed E-state index contributed by atoms with van der Waals surface area (Å²) in [6.45, 7) is 11.6. The molecule has 0 unspecified atom stereocenters.